The Hall–Kier alpha value is -1.02. The van der Waals surface area contributed by atoms with E-state index in [4.69, 9.17) is 16.3 Å². The molecular formula is C11H13ClO2. The first-order chi connectivity index (χ1) is 6.54. The highest BCUT2D eigenvalue weighted by Gasteiger charge is 2.07. The Balaban J connectivity index is 3.08. The van der Waals surface area contributed by atoms with Crippen LogP contribution in [0, 0.1) is 6.92 Å². The minimum Gasteiger partial charge on any atom is -0.495 e. The lowest BCUT2D eigenvalue weighted by atomic mass is 10.0. The summed E-state index contributed by atoms with van der Waals surface area (Å²) < 4.78 is 5.07. The van der Waals surface area contributed by atoms with Crippen LogP contribution in [0.3, 0.4) is 0 Å². The van der Waals surface area contributed by atoms with E-state index in [1.165, 1.54) is 0 Å². The summed E-state index contributed by atoms with van der Waals surface area (Å²) in [5.41, 5.74) is 1.99. The largest absolute Gasteiger partial charge is 0.495 e. The molecule has 0 unspecified atom stereocenters. The van der Waals surface area contributed by atoms with Gasteiger partial charge in [0.15, 0.2) is 0 Å². The Morgan fingerprint density at radius 1 is 1.50 bits per heavy atom. The number of hydrogen-bond donors (Lipinski definition) is 0. The van der Waals surface area contributed by atoms with Crippen molar-refractivity contribution in [1.29, 1.82) is 0 Å². The minimum atomic E-state index is 0.134. The van der Waals surface area contributed by atoms with Gasteiger partial charge in [-0.3, -0.25) is 4.79 Å². The summed E-state index contributed by atoms with van der Waals surface area (Å²) in [5.74, 6) is 0.783. The molecule has 0 radical (unpaired) electrons. The van der Waals surface area contributed by atoms with Gasteiger partial charge in [0.2, 0.25) is 0 Å². The number of rotatable bonds is 3. The fourth-order valence-corrected chi connectivity index (χ4v) is 1.57. The third-order valence-electron chi connectivity index (χ3n) is 2.05. The third kappa shape index (κ3) is 2.48. The highest BCUT2D eigenvalue weighted by Crippen LogP contribution is 2.27. The Labute approximate surface area is 88.8 Å². The molecule has 0 saturated heterocycles. The molecule has 0 atom stereocenters. The maximum absolute atomic E-state index is 11.0. The van der Waals surface area contributed by atoms with E-state index in [0.29, 0.717) is 17.2 Å². The van der Waals surface area contributed by atoms with Crippen molar-refractivity contribution in [3.8, 4) is 5.75 Å². The molecule has 1 aromatic rings. The normalized spacial score (nSPS) is 10.0. The first kappa shape index (κ1) is 11.1. The van der Waals surface area contributed by atoms with Gasteiger partial charge in [-0.25, -0.2) is 0 Å². The number of ether oxygens (including phenoxy) is 1. The van der Waals surface area contributed by atoms with Crippen LogP contribution in [0.2, 0.25) is 5.02 Å². The molecule has 76 valence electrons. The second-order valence-corrected chi connectivity index (χ2v) is 3.70. The van der Waals surface area contributed by atoms with Crippen LogP contribution in [-0.2, 0) is 11.2 Å². The molecule has 14 heavy (non-hydrogen) atoms. The third-order valence-corrected chi connectivity index (χ3v) is 2.35. The summed E-state index contributed by atoms with van der Waals surface area (Å²) in [6.07, 6.45) is 0.426. The summed E-state index contributed by atoms with van der Waals surface area (Å²) in [5, 5.41) is 0.550. The molecule has 0 fully saturated rings. The number of carbonyl (C=O) groups excluding carboxylic acids is 1. The number of methoxy groups -OCH3 is 1. The highest BCUT2D eigenvalue weighted by molar-refractivity contribution is 6.32. The first-order valence-corrected chi connectivity index (χ1v) is 4.75. The molecule has 0 heterocycles. The number of aryl methyl sites for hydroxylation is 1. The maximum Gasteiger partial charge on any atom is 0.137 e. The molecule has 0 amide bonds. The van der Waals surface area contributed by atoms with Crippen LogP contribution in [0.4, 0.5) is 0 Å². The topological polar surface area (TPSA) is 26.3 Å². The smallest absolute Gasteiger partial charge is 0.137 e. The van der Waals surface area contributed by atoms with Crippen molar-refractivity contribution in [2.75, 3.05) is 7.11 Å². The monoisotopic (exact) mass is 212 g/mol. The fourth-order valence-electron chi connectivity index (χ4n) is 1.31. The van der Waals surface area contributed by atoms with Gasteiger partial charge in [0.05, 0.1) is 12.1 Å². The number of ketones is 1. The molecule has 3 heteroatoms. The summed E-state index contributed by atoms with van der Waals surface area (Å²) in [4.78, 5) is 11.0. The van der Waals surface area contributed by atoms with Gasteiger partial charge >= 0.3 is 0 Å². The number of Topliss-reactive ketones (excluding diaryl/α,β-unsaturated/α-hetero) is 1. The van der Waals surface area contributed by atoms with Gasteiger partial charge in [-0.1, -0.05) is 11.6 Å². The SMILES string of the molecule is COc1cc(C)c(CC(C)=O)cc1Cl. The fraction of sp³-hybridized carbons (Fsp3) is 0.364. The number of halogens is 1. The average Bonchev–Trinajstić information content (AvgIpc) is 2.10. The van der Waals surface area contributed by atoms with Crippen LogP contribution in [0.1, 0.15) is 18.1 Å². The van der Waals surface area contributed by atoms with Crippen molar-refractivity contribution in [2.45, 2.75) is 20.3 Å². The predicted octanol–water partition coefficient (Wildman–Crippen LogP) is 2.79. The number of carbonyl (C=O) groups is 1. The molecule has 0 aliphatic rings. The Kier molecular flexibility index (Phi) is 3.53. The molecule has 0 bridgehead atoms. The van der Waals surface area contributed by atoms with Crippen molar-refractivity contribution in [1.82, 2.24) is 0 Å². The van der Waals surface area contributed by atoms with E-state index in [-0.39, 0.29) is 5.78 Å². The van der Waals surface area contributed by atoms with Crippen LogP contribution in [-0.4, -0.2) is 12.9 Å². The summed E-state index contributed by atoms with van der Waals surface area (Å²) in [6.45, 7) is 3.51. The van der Waals surface area contributed by atoms with Crippen LogP contribution < -0.4 is 4.74 Å². The molecule has 0 N–H and O–H groups in total. The molecule has 0 aliphatic carbocycles. The lowest BCUT2D eigenvalue weighted by molar-refractivity contribution is -0.116. The van der Waals surface area contributed by atoms with Gasteiger partial charge in [-0.15, -0.1) is 0 Å². The molecule has 2 nitrogen and oxygen atoms in total. The Morgan fingerprint density at radius 2 is 2.14 bits per heavy atom. The number of hydrogen-bond acceptors (Lipinski definition) is 2. The second kappa shape index (κ2) is 4.47. The van der Waals surface area contributed by atoms with Crippen molar-refractivity contribution < 1.29 is 9.53 Å². The zero-order valence-corrected chi connectivity index (χ0v) is 9.31. The van der Waals surface area contributed by atoms with Gasteiger partial charge in [0, 0.05) is 6.42 Å². The lowest BCUT2D eigenvalue weighted by Gasteiger charge is -2.08. The van der Waals surface area contributed by atoms with Gasteiger partial charge in [-0.05, 0) is 37.1 Å². The molecule has 0 aliphatic heterocycles. The molecule has 1 rings (SSSR count). The predicted molar refractivity (Wildman–Crippen MR) is 57.1 cm³/mol. The van der Waals surface area contributed by atoms with E-state index < -0.39 is 0 Å². The van der Waals surface area contributed by atoms with Crippen molar-refractivity contribution in [3.05, 3.63) is 28.3 Å². The minimum absolute atomic E-state index is 0.134. The van der Waals surface area contributed by atoms with Crippen molar-refractivity contribution >= 4 is 17.4 Å². The maximum atomic E-state index is 11.0. The molecule has 0 saturated carbocycles. The van der Waals surface area contributed by atoms with E-state index in [0.717, 1.165) is 11.1 Å². The summed E-state index contributed by atoms with van der Waals surface area (Å²) >= 11 is 5.95. The summed E-state index contributed by atoms with van der Waals surface area (Å²) in [7, 11) is 1.57. The Morgan fingerprint density at radius 3 is 2.64 bits per heavy atom. The lowest BCUT2D eigenvalue weighted by Crippen LogP contribution is -1.99. The highest BCUT2D eigenvalue weighted by atomic mass is 35.5. The average molecular weight is 213 g/mol. The standard InChI is InChI=1S/C11H13ClO2/c1-7-4-11(14-3)10(12)6-9(7)5-8(2)13/h4,6H,5H2,1-3H3. The summed E-state index contributed by atoms with van der Waals surface area (Å²) in [6, 6.07) is 3.64. The van der Waals surface area contributed by atoms with E-state index in [1.807, 2.05) is 13.0 Å². The van der Waals surface area contributed by atoms with Crippen molar-refractivity contribution in [2.24, 2.45) is 0 Å². The van der Waals surface area contributed by atoms with E-state index in [2.05, 4.69) is 0 Å². The van der Waals surface area contributed by atoms with Crippen molar-refractivity contribution in [3.63, 3.8) is 0 Å². The van der Waals surface area contributed by atoms with E-state index >= 15 is 0 Å². The molecule has 1 aromatic carbocycles. The second-order valence-electron chi connectivity index (χ2n) is 3.29. The van der Waals surface area contributed by atoms with Crippen LogP contribution in [0.15, 0.2) is 12.1 Å². The molecular weight excluding hydrogens is 200 g/mol. The van der Waals surface area contributed by atoms with Gasteiger partial charge in [0.1, 0.15) is 11.5 Å². The van der Waals surface area contributed by atoms with Crippen LogP contribution in [0.5, 0.6) is 5.75 Å². The zero-order chi connectivity index (χ0) is 10.7. The Bertz CT molecular complexity index is 359. The molecule has 0 aromatic heterocycles. The van der Waals surface area contributed by atoms with Gasteiger partial charge in [-0.2, -0.15) is 0 Å². The van der Waals surface area contributed by atoms with Gasteiger partial charge in [0.25, 0.3) is 0 Å². The quantitative estimate of drug-likeness (QED) is 0.770. The van der Waals surface area contributed by atoms with Crippen LogP contribution >= 0.6 is 11.6 Å². The van der Waals surface area contributed by atoms with Gasteiger partial charge < -0.3 is 4.74 Å². The van der Waals surface area contributed by atoms with E-state index in [9.17, 15) is 4.79 Å². The zero-order valence-electron chi connectivity index (χ0n) is 8.56. The van der Waals surface area contributed by atoms with E-state index in [1.54, 1.807) is 20.1 Å². The number of benzene rings is 1. The molecule has 0 spiro atoms. The first-order valence-electron chi connectivity index (χ1n) is 4.37. The van der Waals surface area contributed by atoms with Crippen LogP contribution in [0.25, 0.3) is 0 Å².